The number of methoxy groups -OCH3 is 3. The van der Waals surface area contributed by atoms with Crippen molar-refractivity contribution in [2.75, 3.05) is 21.3 Å². The van der Waals surface area contributed by atoms with Gasteiger partial charge < -0.3 is 14.2 Å². The first-order valence-electron chi connectivity index (χ1n) is 10.4. The molecule has 0 saturated carbocycles. The number of benzene rings is 3. The van der Waals surface area contributed by atoms with Gasteiger partial charge in [-0.1, -0.05) is 41.4 Å². The first-order chi connectivity index (χ1) is 16.4. The van der Waals surface area contributed by atoms with Crippen LogP contribution in [0.15, 0.2) is 71.5 Å². The third-order valence-electron chi connectivity index (χ3n) is 5.39. The van der Waals surface area contributed by atoms with Gasteiger partial charge in [0.1, 0.15) is 5.75 Å². The normalized spacial score (nSPS) is 10.7. The molecule has 0 N–H and O–H groups in total. The van der Waals surface area contributed by atoms with Crippen molar-refractivity contribution in [3.05, 3.63) is 92.7 Å². The largest absolute Gasteiger partial charge is 0.497 e. The number of hydrogen-bond acceptors (Lipinski definition) is 5. The summed E-state index contributed by atoms with van der Waals surface area (Å²) >= 11 is 12.4. The highest BCUT2D eigenvalue weighted by molar-refractivity contribution is 6.35. The van der Waals surface area contributed by atoms with E-state index in [1.807, 2.05) is 36.4 Å². The summed E-state index contributed by atoms with van der Waals surface area (Å²) in [4.78, 5) is 13.1. The average Bonchev–Trinajstić information content (AvgIpc) is 2.86. The number of ether oxygens (including phenoxy) is 3. The van der Waals surface area contributed by atoms with Crippen LogP contribution in [0, 0.1) is 0 Å². The Morgan fingerprint density at radius 1 is 0.794 bits per heavy atom. The van der Waals surface area contributed by atoms with Crippen LogP contribution in [-0.2, 0) is 6.54 Å². The second-order valence-electron chi connectivity index (χ2n) is 7.44. The molecule has 1 aromatic heterocycles. The highest BCUT2D eigenvalue weighted by Gasteiger charge is 2.16. The van der Waals surface area contributed by atoms with Gasteiger partial charge in [-0.2, -0.15) is 5.10 Å². The van der Waals surface area contributed by atoms with Crippen LogP contribution in [0.3, 0.4) is 0 Å². The fourth-order valence-corrected chi connectivity index (χ4v) is 4.07. The van der Waals surface area contributed by atoms with Crippen molar-refractivity contribution in [1.29, 1.82) is 0 Å². The van der Waals surface area contributed by atoms with Crippen molar-refractivity contribution in [1.82, 2.24) is 9.78 Å². The van der Waals surface area contributed by atoms with E-state index in [9.17, 15) is 4.79 Å². The van der Waals surface area contributed by atoms with Crippen LogP contribution >= 0.6 is 23.2 Å². The minimum absolute atomic E-state index is 0.192. The second-order valence-corrected chi connectivity index (χ2v) is 8.28. The number of nitrogens with zero attached hydrogens (tertiary/aromatic N) is 2. The topological polar surface area (TPSA) is 62.6 Å². The molecule has 0 fully saturated rings. The van der Waals surface area contributed by atoms with E-state index in [0.29, 0.717) is 32.8 Å². The van der Waals surface area contributed by atoms with Gasteiger partial charge in [0.05, 0.1) is 33.6 Å². The Labute approximate surface area is 207 Å². The second kappa shape index (κ2) is 10.2. The summed E-state index contributed by atoms with van der Waals surface area (Å²) in [5.74, 6) is 1.87. The third-order valence-corrected chi connectivity index (χ3v) is 5.98. The molecule has 0 aliphatic heterocycles. The predicted octanol–water partition coefficient (Wildman–Crippen LogP) is 5.96. The van der Waals surface area contributed by atoms with Gasteiger partial charge in [0.15, 0.2) is 11.5 Å². The van der Waals surface area contributed by atoms with Gasteiger partial charge in [0.25, 0.3) is 5.56 Å². The smallest absolute Gasteiger partial charge is 0.267 e. The van der Waals surface area contributed by atoms with Gasteiger partial charge in [-0.15, -0.1) is 0 Å². The molecule has 4 rings (SSSR count). The van der Waals surface area contributed by atoms with Crippen LogP contribution in [-0.4, -0.2) is 31.1 Å². The highest BCUT2D eigenvalue weighted by Crippen LogP contribution is 2.36. The summed E-state index contributed by atoms with van der Waals surface area (Å²) in [6.45, 7) is 0.192. The Hall–Kier alpha value is -3.48. The Morgan fingerprint density at radius 3 is 2.15 bits per heavy atom. The Morgan fingerprint density at radius 2 is 1.50 bits per heavy atom. The Kier molecular flexibility index (Phi) is 7.10. The van der Waals surface area contributed by atoms with Crippen LogP contribution in [0.4, 0.5) is 0 Å². The van der Waals surface area contributed by atoms with Crippen LogP contribution in [0.2, 0.25) is 10.0 Å². The molecule has 0 bridgehead atoms. The lowest BCUT2D eigenvalue weighted by molar-refractivity contribution is 0.355. The minimum atomic E-state index is -0.263. The van der Waals surface area contributed by atoms with Gasteiger partial charge >= 0.3 is 0 Å². The molecule has 0 atom stereocenters. The number of aromatic nitrogens is 2. The third kappa shape index (κ3) is 4.88. The van der Waals surface area contributed by atoms with Crippen molar-refractivity contribution in [3.8, 4) is 39.6 Å². The molecule has 6 nitrogen and oxygen atoms in total. The lowest BCUT2D eigenvalue weighted by Crippen LogP contribution is -2.24. The van der Waals surface area contributed by atoms with E-state index in [-0.39, 0.29) is 12.1 Å². The Bertz CT molecular complexity index is 1380. The van der Waals surface area contributed by atoms with Crippen molar-refractivity contribution in [2.45, 2.75) is 6.54 Å². The fourth-order valence-electron chi connectivity index (χ4n) is 3.60. The molecule has 0 aliphatic carbocycles. The maximum atomic E-state index is 13.1. The summed E-state index contributed by atoms with van der Waals surface area (Å²) in [5.41, 5.74) is 3.35. The number of hydrogen-bond donors (Lipinski definition) is 0. The summed E-state index contributed by atoms with van der Waals surface area (Å²) in [6.07, 6.45) is 0. The molecule has 174 valence electrons. The lowest BCUT2D eigenvalue weighted by Gasteiger charge is -2.15. The van der Waals surface area contributed by atoms with Gasteiger partial charge in [-0.05, 0) is 53.6 Å². The number of halogens is 2. The lowest BCUT2D eigenvalue weighted by atomic mass is 9.99. The van der Waals surface area contributed by atoms with Crippen LogP contribution in [0.5, 0.6) is 17.2 Å². The Balaban J connectivity index is 1.89. The minimum Gasteiger partial charge on any atom is -0.497 e. The summed E-state index contributed by atoms with van der Waals surface area (Å²) in [6, 6.07) is 19.7. The van der Waals surface area contributed by atoms with Crippen LogP contribution in [0.1, 0.15) is 5.56 Å². The van der Waals surface area contributed by atoms with Gasteiger partial charge in [-0.25, -0.2) is 4.68 Å². The first kappa shape index (κ1) is 23.7. The molecule has 8 heteroatoms. The zero-order valence-corrected chi connectivity index (χ0v) is 20.4. The zero-order chi connectivity index (χ0) is 24.2. The molecule has 0 unspecified atom stereocenters. The van der Waals surface area contributed by atoms with E-state index in [0.717, 1.165) is 22.4 Å². The standard InChI is InChI=1S/C26H22Cl2N2O4/c1-32-20-9-5-16(6-10-20)21-14-25(31)30(15-18-4-8-19(27)13-22(18)28)29-26(21)17-7-11-23(33-2)24(12-17)34-3/h4-14H,15H2,1-3H3. The van der Waals surface area contributed by atoms with E-state index in [2.05, 4.69) is 0 Å². The molecular weight excluding hydrogens is 475 g/mol. The van der Waals surface area contributed by atoms with Crippen molar-refractivity contribution in [2.24, 2.45) is 0 Å². The van der Waals surface area contributed by atoms with E-state index in [1.165, 1.54) is 4.68 Å². The van der Waals surface area contributed by atoms with E-state index in [4.69, 9.17) is 42.5 Å². The SMILES string of the molecule is COc1ccc(-c2cc(=O)n(Cc3ccc(Cl)cc3Cl)nc2-c2ccc(OC)c(OC)c2)cc1. The molecule has 1 heterocycles. The van der Waals surface area contributed by atoms with Crippen molar-refractivity contribution < 1.29 is 14.2 Å². The van der Waals surface area contributed by atoms with Crippen LogP contribution in [0.25, 0.3) is 22.4 Å². The summed E-state index contributed by atoms with van der Waals surface area (Å²) in [5, 5.41) is 5.73. The van der Waals surface area contributed by atoms with Gasteiger partial charge in [0, 0.05) is 27.2 Å². The first-order valence-corrected chi connectivity index (χ1v) is 11.1. The fraction of sp³-hybridized carbons (Fsp3) is 0.154. The molecule has 3 aromatic carbocycles. The molecule has 0 radical (unpaired) electrons. The molecule has 0 saturated heterocycles. The summed E-state index contributed by atoms with van der Waals surface area (Å²) < 4.78 is 17.5. The molecule has 4 aromatic rings. The highest BCUT2D eigenvalue weighted by atomic mass is 35.5. The van der Waals surface area contributed by atoms with E-state index >= 15 is 0 Å². The average molecular weight is 497 g/mol. The maximum absolute atomic E-state index is 13.1. The quantitative estimate of drug-likeness (QED) is 0.316. The monoisotopic (exact) mass is 496 g/mol. The number of rotatable bonds is 7. The maximum Gasteiger partial charge on any atom is 0.267 e. The predicted molar refractivity (Wildman–Crippen MR) is 135 cm³/mol. The van der Waals surface area contributed by atoms with E-state index in [1.54, 1.807) is 51.7 Å². The van der Waals surface area contributed by atoms with Gasteiger partial charge in [-0.3, -0.25) is 4.79 Å². The molecular formula is C26H22Cl2N2O4. The van der Waals surface area contributed by atoms with Crippen molar-refractivity contribution >= 4 is 23.2 Å². The molecule has 0 spiro atoms. The van der Waals surface area contributed by atoms with Gasteiger partial charge in [0.2, 0.25) is 0 Å². The molecule has 34 heavy (non-hydrogen) atoms. The van der Waals surface area contributed by atoms with Crippen molar-refractivity contribution in [3.63, 3.8) is 0 Å². The molecule has 0 amide bonds. The summed E-state index contributed by atoms with van der Waals surface area (Å²) in [7, 11) is 4.76. The molecule has 0 aliphatic rings. The van der Waals surface area contributed by atoms with E-state index < -0.39 is 0 Å². The van der Waals surface area contributed by atoms with Crippen LogP contribution < -0.4 is 19.8 Å². The zero-order valence-electron chi connectivity index (χ0n) is 18.8.